The van der Waals surface area contributed by atoms with Gasteiger partial charge in [0.2, 0.25) is 0 Å². The van der Waals surface area contributed by atoms with Crippen LogP contribution in [0.4, 0.5) is 0 Å². The van der Waals surface area contributed by atoms with Gasteiger partial charge in [-0.2, -0.15) is 0 Å². The first-order valence-corrected chi connectivity index (χ1v) is 5.24. The van der Waals surface area contributed by atoms with Gasteiger partial charge < -0.3 is 5.11 Å². The standard InChI is InChI=1S/C13H12N2O2/c1-9-5-11(10-3-2-4-14-7-10)8-15-12(9)6-13(16)17/h2-5,7-8H,6H2,1H3,(H,16,17). The van der Waals surface area contributed by atoms with E-state index in [1.54, 1.807) is 18.6 Å². The molecule has 2 aromatic rings. The molecule has 0 amide bonds. The van der Waals surface area contributed by atoms with Crippen molar-refractivity contribution in [3.05, 3.63) is 48.0 Å². The second kappa shape index (κ2) is 4.74. The number of rotatable bonds is 3. The molecule has 0 bridgehead atoms. The summed E-state index contributed by atoms with van der Waals surface area (Å²) in [4.78, 5) is 18.9. The second-order valence-corrected chi connectivity index (χ2v) is 3.80. The lowest BCUT2D eigenvalue weighted by atomic mass is 10.1. The number of pyridine rings is 2. The van der Waals surface area contributed by atoms with Crippen LogP contribution in [0.15, 0.2) is 36.8 Å². The lowest BCUT2D eigenvalue weighted by Crippen LogP contribution is -2.04. The molecular weight excluding hydrogens is 216 g/mol. The van der Waals surface area contributed by atoms with Gasteiger partial charge in [0.1, 0.15) is 0 Å². The van der Waals surface area contributed by atoms with Crippen LogP contribution in [0.3, 0.4) is 0 Å². The maximum Gasteiger partial charge on any atom is 0.309 e. The van der Waals surface area contributed by atoms with Crippen molar-refractivity contribution in [2.24, 2.45) is 0 Å². The van der Waals surface area contributed by atoms with Crippen LogP contribution in [-0.4, -0.2) is 21.0 Å². The summed E-state index contributed by atoms with van der Waals surface area (Å²) < 4.78 is 0. The van der Waals surface area contributed by atoms with Gasteiger partial charge in [0.15, 0.2) is 0 Å². The van der Waals surface area contributed by atoms with Gasteiger partial charge in [-0.1, -0.05) is 6.07 Å². The van der Waals surface area contributed by atoms with Gasteiger partial charge in [-0.15, -0.1) is 0 Å². The highest BCUT2D eigenvalue weighted by Crippen LogP contribution is 2.19. The minimum atomic E-state index is -0.866. The Morgan fingerprint density at radius 2 is 2.18 bits per heavy atom. The fraction of sp³-hybridized carbons (Fsp3) is 0.154. The van der Waals surface area contributed by atoms with E-state index in [9.17, 15) is 4.79 Å². The zero-order chi connectivity index (χ0) is 12.3. The van der Waals surface area contributed by atoms with E-state index in [0.717, 1.165) is 16.7 Å². The van der Waals surface area contributed by atoms with Crippen LogP contribution in [-0.2, 0) is 11.2 Å². The van der Waals surface area contributed by atoms with Gasteiger partial charge in [-0.05, 0) is 24.6 Å². The second-order valence-electron chi connectivity index (χ2n) is 3.80. The van der Waals surface area contributed by atoms with E-state index in [1.807, 2.05) is 25.1 Å². The lowest BCUT2D eigenvalue weighted by Gasteiger charge is -2.05. The van der Waals surface area contributed by atoms with Crippen molar-refractivity contribution in [3.63, 3.8) is 0 Å². The van der Waals surface area contributed by atoms with Crippen LogP contribution >= 0.6 is 0 Å². The molecule has 4 nitrogen and oxygen atoms in total. The number of nitrogens with zero attached hydrogens (tertiary/aromatic N) is 2. The molecule has 2 heterocycles. The molecule has 0 fully saturated rings. The van der Waals surface area contributed by atoms with Gasteiger partial charge >= 0.3 is 5.97 Å². The van der Waals surface area contributed by atoms with Gasteiger partial charge in [0.25, 0.3) is 0 Å². The van der Waals surface area contributed by atoms with Gasteiger partial charge in [-0.3, -0.25) is 14.8 Å². The van der Waals surface area contributed by atoms with Crippen molar-refractivity contribution in [1.82, 2.24) is 9.97 Å². The molecule has 1 N–H and O–H groups in total. The van der Waals surface area contributed by atoms with Gasteiger partial charge in [0.05, 0.1) is 12.1 Å². The van der Waals surface area contributed by atoms with Crippen LogP contribution < -0.4 is 0 Å². The lowest BCUT2D eigenvalue weighted by molar-refractivity contribution is -0.136. The Morgan fingerprint density at radius 3 is 2.76 bits per heavy atom. The van der Waals surface area contributed by atoms with Gasteiger partial charge in [-0.25, -0.2) is 0 Å². The largest absolute Gasteiger partial charge is 0.481 e. The molecule has 0 saturated carbocycles. The third kappa shape index (κ3) is 2.66. The third-order valence-corrected chi connectivity index (χ3v) is 2.50. The van der Waals surface area contributed by atoms with Crippen LogP contribution in [0.2, 0.25) is 0 Å². The number of hydrogen-bond donors (Lipinski definition) is 1. The number of aliphatic carboxylic acids is 1. The highest BCUT2D eigenvalue weighted by Gasteiger charge is 2.07. The molecule has 2 rings (SSSR count). The number of carboxylic acid groups (broad SMARTS) is 1. The Bertz CT molecular complexity index is 538. The molecule has 0 spiro atoms. The number of carbonyl (C=O) groups is 1. The summed E-state index contributed by atoms with van der Waals surface area (Å²) in [5.74, 6) is -0.866. The third-order valence-electron chi connectivity index (χ3n) is 2.50. The van der Waals surface area contributed by atoms with E-state index in [-0.39, 0.29) is 6.42 Å². The molecule has 0 atom stereocenters. The first-order valence-electron chi connectivity index (χ1n) is 5.24. The smallest absolute Gasteiger partial charge is 0.309 e. The minimum Gasteiger partial charge on any atom is -0.481 e. The van der Waals surface area contributed by atoms with Crippen LogP contribution in [0, 0.1) is 6.92 Å². The summed E-state index contributed by atoms with van der Waals surface area (Å²) in [5.41, 5.74) is 3.41. The molecule has 0 unspecified atom stereocenters. The quantitative estimate of drug-likeness (QED) is 0.873. The Labute approximate surface area is 99.0 Å². The summed E-state index contributed by atoms with van der Waals surface area (Å²) in [5, 5.41) is 8.73. The molecule has 0 aliphatic rings. The number of hydrogen-bond acceptors (Lipinski definition) is 3. The van der Waals surface area contributed by atoms with Crippen molar-refractivity contribution < 1.29 is 9.90 Å². The van der Waals surface area contributed by atoms with Crippen molar-refractivity contribution in [2.45, 2.75) is 13.3 Å². The molecule has 0 radical (unpaired) electrons. The normalized spacial score (nSPS) is 10.2. The highest BCUT2D eigenvalue weighted by molar-refractivity contribution is 5.71. The van der Waals surface area contributed by atoms with Crippen molar-refractivity contribution >= 4 is 5.97 Å². The molecule has 86 valence electrons. The number of aryl methyl sites for hydroxylation is 1. The van der Waals surface area contributed by atoms with Crippen molar-refractivity contribution in [2.75, 3.05) is 0 Å². The Kier molecular flexibility index (Phi) is 3.14. The fourth-order valence-electron chi connectivity index (χ4n) is 1.62. The molecular formula is C13H12N2O2. The summed E-state index contributed by atoms with van der Waals surface area (Å²) in [6.07, 6.45) is 5.11. The Morgan fingerprint density at radius 1 is 1.35 bits per heavy atom. The van der Waals surface area contributed by atoms with E-state index < -0.39 is 5.97 Å². The Balaban J connectivity index is 2.34. The average molecular weight is 228 g/mol. The molecule has 0 aliphatic carbocycles. The predicted molar refractivity (Wildman–Crippen MR) is 63.5 cm³/mol. The Hall–Kier alpha value is -2.23. The zero-order valence-corrected chi connectivity index (χ0v) is 9.42. The fourth-order valence-corrected chi connectivity index (χ4v) is 1.62. The maximum absolute atomic E-state index is 10.6. The SMILES string of the molecule is Cc1cc(-c2cccnc2)cnc1CC(=O)O. The van der Waals surface area contributed by atoms with Crippen molar-refractivity contribution in [1.29, 1.82) is 0 Å². The zero-order valence-electron chi connectivity index (χ0n) is 9.42. The van der Waals surface area contributed by atoms with E-state index in [0.29, 0.717) is 5.69 Å². The van der Waals surface area contributed by atoms with Crippen LogP contribution in [0.1, 0.15) is 11.3 Å². The molecule has 17 heavy (non-hydrogen) atoms. The molecule has 0 aliphatic heterocycles. The van der Waals surface area contributed by atoms with Crippen LogP contribution in [0.5, 0.6) is 0 Å². The average Bonchev–Trinajstić information content (AvgIpc) is 2.32. The maximum atomic E-state index is 10.6. The van der Waals surface area contributed by atoms with Crippen molar-refractivity contribution in [3.8, 4) is 11.1 Å². The summed E-state index contributed by atoms with van der Waals surface area (Å²) >= 11 is 0. The summed E-state index contributed by atoms with van der Waals surface area (Å²) in [6, 6.07) is 5.73. The molecule has 4 heteroatoms. The first kappa shape index (κ1) is 11.3. The predicted octanol–water partition coefficient (Wildman–Crippen LogP) is 2.08. The van der Waals surface area contributed by atoms with Crippen LogP contribution in [0.25, 0.3) is 11.1 Å². The summed E-state index contributed by atoms with van der Waals surface area (Å²) in [7, 11) is 0. The van der Waals surface area contributed by atoms with E-state index in [4.69, 9.17) is 5.11 Å². The molecule has 0 saturated heterocycles. The number of aromatic nitrogens is 2. The van der Waals surface area contributed by atoms with E-state index >= 15 is 0 Å². The molecule has 0 aromatic carbocycles. The topological polar surface area (TPSA) is 63.1 Å². The summed E-state index contributed by atoms with van der Waals surface area (Å²) in [6.45, 7) is 1.87. The van der Waals surface area contributed by atoms with E-state index in [1.165, 1.54) is 0 Å². The molecule has 2 aromatic heterocycles. The first-order chi connectivity index (χ1) is 8.16. The highest BCUT2D eigenvalue weighted by atomic mass is 16.4. The monoisotopic (exact) mass is 228 g/mol. The van der Waals surface area contributed by atoms with E-state index in [2.05, 4.69) is 9.97 Å². The minimum absolute atomic E-state index is 0.0425. The van der Waals surface area contributed by atoms with Gasteiger partial charge in [0, 0.05) is 29.7 Å². The number of carboxylic acids is 1.